The average molecular weight is 496 g/mol. The van der Waals surface area contributed by atoms with Gasteiger partial charge in [-0.1, -0.05) is 5.16 Å². The Bertz CT molecular complexity index is 1290. The molecule has 1 fully saturated rings. The van der Waals surface area contributed by atoms with Crippen LogP contribution in [0.25, 0.3) is 22.8 Å². The van der Waals surface area contributed by atoms with Crippen LogP contribution in [0.2, 0.25) is 0 Å². The number of carbonyl (C=O) groups is 1. The third-order valence-electron chi connectivity index (χ3n) is 5.45. The van der Waals surface area contributed by atoms with Crippen molar-refractivity contribution in [1.29, 1.82) is 0 Å². The molecule has 0 radical (unpaired) electrons. The highest BCUT2D eigenvalue weighted by atomic mass is 16.6. The second kappa shape index (κ2) is 9.60. The normalized spacial score (nSPS) is 14.0. The number of nitrogens with zero attached hydrogens (tertiary/aromatic N) is 6. The van der Waals surface area contributed by atoms with Gasteiger partial charge in [0.25, 0.3) is 17.3 Å². The fraction of sp³-hybridized carbons (Fsp3) is 0.348. The molecule has 0 N–H and O–H groups in total. The summed E-state index contributed by atoms with van der Waals surface area (Å²) in [5.41, 5.74) is 0.482. The number of rotatable bonds is 5. The van der Waals surface area contributed by atoms with Crippen molar-refractivity contribution in [1.82, 2.24) is 15.0 Å². The quantitative estimate of drug-likeness (QED) is 0.369. The molecule has 1 amide bonds. The molecule has 0 atom stereocenters. The lowest BCUT2D eigenvalue weighted by molar-refractivity contribution is -0.384. The summed E-state index contributed by atoms with van der Waals surface area (Å²) in [6.07, 6.45) is -0.410. The number of amides is 1. The van der Waals surface area contributed by atoms with E-state index < -0.39 is 21.5 Å². The van der Waals surface area contributed by atoms with Gasteiger partial charge in [0.15, 0.2) is 0 Å². The lowest BCUT2D eigenvalue weighted by Crippen LogP contribution is -2.50. The lowest BCUT2D eigenvalue weighted by atomic mass is 10.1. The van der Waals surface area contributed by atoms with Crippen LogP contribution in [0.5, 0.6) is 0 Å². The number of anilines is 1. The molecule has 188 valence electrons. The van der Waals surface area contributed by atoms with Crippen LogP contribution in [0.1, 0.15) is 20.8 Å². The van der Waals surface area contributed by atoms with E-state index in [0.717, 1.165) is 0 Å². The Morgan fingerprint density at radius 1 is 0.972 bits per heavy atom. The highest BCUT2D eigenvalue weighted by Crippen LogP contribution is 2.34. The molecule has 0 spiro atoms. The van der Waals surface area contributed by atoms with Crippen molar-refractivity contribution in [3.05, 3.63) is 62.7 Å². The Labute approximate surface area is 205 Å². The minimum absolute atomic E-state index is 0.0689. The maximum Gasteiger partial charge on any atom is 0.410 e. The third kappa shape index (κ3) is 5.40. The molecule has 0 saturated carbocycles. The minimum atomic E-state index is -0.601. The highest BCUT2D eigenvalue weighted by molar-refractivity contribution is 5.73. The summed E-state index contributed by atoms with van der Waals surface area (Å²) in [6.45, 7) is 6.94. The zero-order valence-electron chi connectivity index (χ0n) is 19.9. The Balaban J connectivity index is 1.51. The molecule has 13 heteroatoms. The molecular formula is C23H24N6O7. The van der Waals surface area contributed by atoms with Gasteiger partial charge in [0.05, 0.1) is 9.85 Å². The molecule has 1 aliphatic rings. The molecule has 3 aromatic rings. The van der Waals surface area contributed by atoms with Crippen LogP contribution in [0.3, 0.4) is 0 Å². The Kier molecular flexibility index (Phi) is 6.55. The number of hydrogen-bond donors (Lipinski definition) is 0. The van der Waals surface area contributed by atoms with Crippen molar-refractivity contribution in [3.63, 3.8) is 0 Å². The van der Waals surface area contributed by atoms with E-state index in [2.05, 4.69) is 10.1 Å². The van der Waals surface area contributed by atoms with Gasteiger partial charge < -0.3 is 19.1 Å². The molecule has 36 heavy (non-hydrogen) atoms. The maximum absolute atomic E-state index is 12.3. The second-order valence-corrected chi connectivity index (χ2v) is 9.14. The van der Waals surface area contributed by atoms with Crippen LogP contribution in [-0.4, -0.2) is 62.8 Å². The number of carbonyl (C=O) groups excluding carboxylic acids is 1. The van der Waals surface area contributed by atoms with Gasteiger partial charge in [-0.2, -0.15) is 4.98 Å². The smallest absolute Gasteiger partial charge is 0.410 e. The van der Waals surface area contributed by atoms with Crippen molar-refractivity contribution < 1.29 is 23.9 Å². The lowest BCUT2D eigenvalue weighted by Gasteiger charge is -2.36. The summed E-state index contributed by atoms with van der Waals surface area (Å²) in [5, 5.41) is 26.6. The Hall–Kier alpha value is -4.55. The van der Waals surface area contributed by atoms with Crippen molar-refractivity contribution >= 4 is 23.2 Å². The molecule has 2 heterocycles. The Morgan fingerprint density at radius 3 is 2.19 bits per heavy atom. The predicted octanol–water partition coefficient (Wildman–Crippen LogP) is 4.28. The predicted molar refractivity (Wildman–Crippen MR) is 128 cm³/mol. The molecule has 0 aliphatic carbocycles. The van der Waals surface area contributed by atoms with Crippen molar-refractivity contribution in [2.75, 3.05) is 31.1 Å². The van der Waals surface area contributed by atoms with Gasteiger partial charge in [0, 0.05) is 55.5 Å². The van der Waals surface area contributed by atoms with Crippen LogP contribution in [0.15, 0.2) is 47.0 Å². The molecule has 1 aromatic heterocycles. The van der Waals surface area contributed by atoms with Crippen LogP contribution < -0.4 is 4.90 Å². The number of non-ortho nitro benzene ring substituents is 1. The van der Waals surface area contributed by atoms with Crippen molar-refractivity contribution in [2.45, 2.75) is 26.4 Å². The summed E-state index contributed by atoms with van der Waals surface area (Å²) in [6, 6.07) is 10.3. The molecule has 2 aromatic carbocycles. The first-order valence-corrected chi connectivity index (χ1v) is 11.1. The fourth-order valence-corrected chi connectivity index (χ4v) is 3.72. The van der Waals surface area contributed by atoms with Crippen molar-refractivity contribution in [3.8, 4) is 22.8 Å². The van der Waals surface area contributed by atoms with Gasteiger partial charge in [0.2, 0.25) is 5.82 Å². The minimum Gasteiger partial charge on any atom is -0.444 e. The van der Waals surface area contributed by atoms with Crippen molar-refractivity contribution in [2.24, 2.45) is 0 Å². The summed E-state index contributed by atoms with van der Waals surface area (Å²) >= 11 is 0. The van der Waals surface area contributed by atoms with Crippen LogP contribution in [-0.2, 0) is 4.74 Å². The summed E-state index contributed by atoms with van der Waals surface area (Å²) < 4.78 is 10.7. The maximum atomic E-state index is 12.3. The topological polar surface area (TPSA) is 158 Å². The number of aromatic nitrogens is 2. The summed E-state index contributed by atoms with van der Waals surface area (Å²) in [7, 11) is 0. The molecular weight excluding hydrogens is 472 g/mol. The summed E-state index contributed by atoms with van der Waals surface area (Å²) in [5.74, 6) is 0.276. The first kappa shape index (κ1) is 24.6. The molecule has 0 unspecified atom stereocenters. The van der Waals surface area contributed by atoms with Crippen LogP contribution in [0, 0.1) is 20.2 Å². The summed E-state index contributed by atoms with van der Waals surface area (Å²) in [4.78, 5) is 41.7. The number of benzene rings is 2. The first-order valence-electron chi connectivity index (χ1n) is 11.1. The number of ether oxygens (including phenoxy) is 1. The average Bonchev–Trinajstić information content (AvgIpc) is 3.33. The van der Waals surface area contributed by atoms with Gasteiger partial charge in [0.1, 0.15) is 11.3 Å². The van der Waals surface area contributed by atoms with Gasteiger partial charge in [-0.15, -0.1) is 0 Å². The van der Waals surface area contributed by atoms with Gasteiger partial charge >= 0.3 is 6.09 Å². The van der Waals surface area contributed by atoms with Gasteiger partial charge in [-0.05, 0) is 45.0 Å². The van der Waals surface area contributed by atoms with E-state index in [1.807, 2.05) is 4.90 Å². The van der Waals surface area contributed by atoms with E-state index in [1.165, 1.54) is 30.3 Å². The second-order valence-electron chi connectivity index (χ2n) is 9.14. The van der Waals surface area contributed by atoms with Crippen LogP contribution >= 0.6 is 0 Å². The third-order valence-corrected chi connectivity index (χ3v) is 5.45. The SMILES string of the molecule is CC(C)(C)OC(=O)N1CCN(c2ccc(-c3nc(-c4ccc([N+](=O)[O-])cc4)no3)cc2[N+](=O)[O-])CC1. The molecule has 1 aliphatic heterocycles. The van der Waals surface area contributed by atoms with Gasteiger partial charge in [-0.25, -0.2) is 4.79 Å². The standard InChI is InChI=1S/C23H24N6O7/c1-23(2,3)35-22(30)27-12-10-26(11-13-27)18-9-6-16(14-19(18)29(33)34)21-24-20(25-36-21)15-4-7-17(8-5-15)28(31)32/h4-9,14H,10-13H2,1-3H3. The number of nitro groups is 2. The van der Waals surface area contributed by atoms with E-state index in [4.69, 9.17) is 9.26 Å². The monoisotopic (exact) mass is 496 g/mol. The van der Waals surface area contributed by atoms with E-state index >= 15 is 0 Å². The van der Waals surface area contributed by atoms with E-state index in [1.54, 1.807) is 37.8 Å². The molecule has 4 rings (SSSR count). The van der Waals surface area contributed by atoms with Crippen LogP contribution in [0.4, 0.5) is 21.9 Å². The van der Waals surface area contributed by atoms with E-state index in [9.17, 15) is 25.0 Å². The first-order chi connectivity index (χ1) is 17.0. The van der Waals surface area contributed by atoms with Gasteiger partial charge in [-0.3, -0.25) is 20.2 Å². The number of hydrogen-bond acceptors (Lipinski definition) is 10. The zero-order valence-corrected chi connectivity index (χ0v) is 19.9. The molecule has 13 nitrogen and oxygen atoms in total. The molecule has 0 bridgehead atoms. The van der Waals surface area contributed by atoms with E-state index in [-0.39, 0.29) is 23.1 Å². The largest absolute Gasteiger partial charge is 0.444 e. The molecule has 1 saturated heterocycles. The number of nitro benzene ring substituents is 2. The number of piperazine rings is 1. The highest BCUT2D eigenvalue weighted by Gasteiger charge is 2.29. The Morgan fingerprint density at radius 2 is 1.61 bits per heavy atom. The fourth-order valence-electron chi connectivity index (χ4n) is 3.72. The zero-order chi connectivity index (χ0) is 26.0. The van der Waals surface area contributed by atoms with E-state index in [0.29, 0.717) is 43.0 Å².